The summed E-state index contributed by atoms with van der Waals surface area (Å²) in [6.07, 6.45) is 0. The molecule has 3 nitrogen and oxygen atoms in total. The van der Waals surface area contributed by atoms with Gasteiger partial charge < -0.3 is 0 Å². The second kappa shape index (κ2) is 5.65. The molecule has 0 aliphatic rings. The molecule has 0 fully saturated rings. The van der Waals surface area contributed by atoms with Crippen molar-refractivity contribution in [1.29, 1.82) is 0 Å². The third kappa shape index (κ3) is 3.67. The van der Waals surface area contributed by atoms with Crippen LogP contribution in [0.1, 0.15) is 33.3 Å². The molecular formula is C14H21NO2S. The van der Waals surface area contributed by atoms with Gasteiger partial charge in [-0.1, -0.05) is 45.4 Å². The molecule has 0 aromatic heterocycles. The van der Waals surface area contributed by atoms with E-state index in [4.69, 9.17) is 0 Å². The van der Waals surface area contributed by atoms with Gasteiger partial charge in [0.25, 0.3) is 10.0 Å². The molecule has 0 spiro atoms. The van der Waals surface area contributed by atoms with Crippen LogP contribution in [0.5, 0.6) is 0 Å². The van der Waals surface area contributed by atoms with Crippen LogP contribution >= 0.6 is 0 Å². The van der Waals surface area contributed by atoms with Gasteiger partial charge in [0.1, 0.15) is 0 Å². The molecule has 1 rings (SSSR count). The van der Waals surface area contributed by atoms with Crippen LogP contribution in [0.4, 0.5) is 0 Å². The van der Waals surface area contributed by atoms with E-state index in [9.17, 15) is 8.42 Å². The lowest BCUT2D eigenvalue weighted by Crippen LogP contribution is -2.17. The average Bonchev–Trinajstić information content (AvgIpc) is 2.26. The Morgan fingerprint density at radius 3 is 1.83 bits per heavy atom. The summed E-state index contributed by atoms with van der Waals surface area (Å²) in [6.45, 7) is 9.77. The summed E-state index contributed by atoms with van der Waals surface area (Å²) in [7, 11) is -3.58. The highest BCUT2D eigenvalue weighted by molar-refractivity contribution is 7.90. The first-order chi connectivity index (χ1) is 8.24. The van der Waals surface area contributed by atoms with Crippen molar-refractivity contribution in [2.24, 2.45) is 16.2 Å². The molecular weight excluding hydrogens is 246 g/mol. The SMILES string of the molecule is Cc1ccc(S(=O)(=O)N=C(C(C)C)C(C)C)cc1. The second-order valence-corrected chi connectivity index (χ2v) is 6.72. The van der Waals surface area contributed by atoms with Gasteiger partial charge in [-0.25, -0.2) is 0 Å². The van der Waals surface area contributed by atoms with Crippen LogP contribution in [0.3, 0.4) is 0 Å². The van der Waals surface area contributed by atoms with Gasteiger partial charge in [-0.15, -0.1) is 0 Å². The lowest BCUT2D eigenvalue weighted by Gasteiger charge is -2.13. The highest BCUT2D eigenvalue weighted by Crippen LogP contribution is 2.17. The van der Waals surface area contributed by atoms with E-state index in [0.29, 0.717) is 0 Å². The van der Waals surface area contributed by atoms with Gasteiger partial charge in [0.05, 0.1) is 4.90 Å². The van der Waals surface area contributed by atoms with Gasteiger partial charge in [0.2, 0.25) is 0 Å². The topological polar surface area (TPSA) is 46.5 Å². The molecule has 0 atom stereocenters. The van der Waals surface area contributed by atoms with Crippen LogP contribution in [-0.4, -0.2) is 14.1 Å². The van der Waals surface area contributed by atoms with Crippen LogP contribution in [0.2, 0.25) is 0 Å². The largest absolute Gasteiger partial charge is 0.282 e. The average molecular weight is 267 g/mol. The minimum atomic E-state index is -3.58. The molecule has 0 unspecified atom stereocenters. The third-order valence-corrected chi connectivity index (χ3v) is 4.05. The molecule has 100 valence electrons. The fraction of sp³-hybridized carbons (Fsp3) is 0.500. The van der Waals surface area contributed by atoms with Crippen LogP contribution in [0.15, 0.2) is 33.6 Å². The van der Waals surface area contributed by atoms with E-state index < -0.39 is 10.0 Å². The minimum absolute atomic E-state index is 0.130. The van der Waals surface area contributed by atoms with Crippen molar-refractivity contribution in [1.82, 2.24) is 0 Å². The zero-order valence-corrected chi connectivity index (χ0v) is 12.5. The maximum atomic E-state index is 12.2. The monoisotopic (exact) mass is 267 g/mol. The maximum absolute atomic E-state index is 12.2. The lowest BCUT2D eigenvalue weighted by atomic mass is 9.98. The van der Waals surface area contributed by atoms with E-state index in [1.54, 1.807) is 24.3 Å². The standard InChI is InChI=1S/C14H21NO2S/c1-10(2)14(11(3)4)15-18(16,17)13-8-6-12(5)7-9-13/h6-11H,1-5H3. The second-order valence-electron chi connectivity index (χ2n) is 5.11. The molecule has 4 heteroatoms. The Morgan fingerprint density at radius 2 is 1.44 bits per heavy atom. The highest BCUT2D eigenvalue weighted by atomic mass is 32.2. The van der Waals surface area contributed by atoms with Crippen molar-refractivity contribution < 1.29 is 8.42 Å². The minimum Gasteiger partial charge on any atom is -0.199 e. The molecule has 0 amide bonds. The van der Waals surface area contributed by atoms with Crippen molar-refractivity contribution >= 4 is 15.7 Å². The Kier molecular flexibility index (Phi) is 4.68. The maximum Gasteiger partial charge on any atom is 0.282 e. The van der Waals surface area contributed by atoms with Crippen LogP contribution < -0.4 is 0 Å². The quantitative estimate of drug-likeness (QED) is 0.784. The predicted molar refractivity (Wildman–Crippen MR) is 75.5 cm³/mol. The summed E-state index contributed by atoms with van der Waals surface area (Å²) in [5.74, 6) is 0.260. The first-order valence-electron chi connectivity index (χ1n) is 6.15. The van der Waals surface area contributed by atoms with E-state index in [0.717, 1.165) is 11.3 Å². The number of rotatable bonds is 4. The molecule has 18 heavy (non-hydrogen) atoms. The summed E-state index contributed by atoms with van der Waals surface area (Å²) in [6, 6.07) is 6.78. The molecule has 0 bridgehead atoms. The van der Waals surface area contributed by atoms with Crippen molar-refractivity contribution in [2.75, 3.05) is 0 Å². The van der Waals surface area contributed by atoms with E-state index in [2.05, 4.69) is 4.40 Å². The zero-order chi connectivity index (χ0) is 13.9. The van der Waals surface area contributed by atoms with Crippen molar-refractivity contribution in [3.8, 4) is 0 Å². The Labute approximate surface area is 110 Å². The number of benzene rings is 1. The van der Waals surface area contributed by atoms with Crippen molar-refractivity contribution in [3.63, 3.8) is 0 Å². The van der Waals surface area contributed by atoms with Gasteiger partial charge in [-0.05, 0) is 30.9 Å². The van der Waals surface area contributed by atoms with Gasteiger partial charge in [-0.2, -0.15) is 12.8 Å². The normalized spacial score (nSPS) is 11.9. The van der Waals surface area contributed by atoms with E-state index in [1.165, 1.54) is 0 Å². The molecule has 1 aromatic carbocycles. The first-order valence-corrected chi connectivity index (χ1v) is 7.59. The highest BCUT2D eigenvalue weighted by Gasteiger charge is 2.17. The molecule has 0 aliphatic carbocycles. The molecule has 0 heterocycles. The number of hydrogen-bond acceptors (Lipinski definition) is 2. The van der Waals surface area contributed by atoms with Crippen LogP contribution in [0, 0.1) is 18.8 Å². The van der Waals surface area contributed by atoms with Gasteiger partial charge in [0, 0.05) is 5.71 Å². The van der Waals surface area contributed by atoms with E-state index in [1.807, 2.05) is 34.6 Å². The van der Waals surface area contributed by atoms with Gasteiger partial charge in [-0.3, -0.25) is 0 Å². The van der Waals surface area contributed by atoms with Gasteiger partial charge in [0.15, 0.2) is 0 Å². The van der Waals surface area contributed by atoms with Crippen LogP contribution in [0.25, 0.3) is 0 Å². The molecule has 0 saturated heterocycles. The Bertz CT molecular complexity index is 515. The Hall–Kier alpha value is -1.16. The molecule has 0 N–H and O–H groups in total. The number of sulfonamides is 1. The molecule has 1 aromatic rings. The number of hydrogen-bond donors (Lipinski definition) is 0. The number of nitrogens with zero attached hydrogens (tertiary/aromatic N) is 1. The Balaban J connectivity index is 3.22. The van der Waals surface area contributed by atoms with Crippen molar-refractivity contribution in [2.45, 2.75) is 39.5 Å². The summed E-state index contributed by atoms with van der Waals surface area (Å²) in [4.78, 5) is 0.256. The molecule has 0 saturated carbocycles. The number of aryl methyl sites for hydroxylation is 1. The summed E-state index contributed by atoms with van der Waals surface area (Å²) < 4.78 is 28.3. The summed E-state index contributed by atoms with van der Waals surface area (Å²) in [5.41, 5.74) is 1.75. The first kappa shape index (κ1) is 14.9. The third-order valence-electron chi connectivity index (χ3n) is 2.73. The fourth-order valence-corrected chi connectivity index (χ4v) is 3.06. The zero-order valence-electron chi connectivity index (χ0n) is 11.6. The molecule has 0 radical (unpaired) electrons. The molecule has 0 aliphatic heterocycles. The summed E-state index contributed by atoms with van der Waals surface area (Å²) in [5, 5.41) is 0. The fourth-order valence-electron chi connectivity index (χ4n) is 1.78. The Morgan fingerprint density at radius 1 is 1.00 bits per heavy atom. The van der Waals surface area contributed by atoms with Crippen LogP contribution in [-0.2, 0) is 10.0 Å². The summed E-state index contributed by atoms with van der Waals surface area (Å²) >= 11 is 0. The predicted octanol–water partition coefficient (Wildman–Crippen LogP) is 3.44. The van der Waals surface area contributed by atoms with Crippen molar-refractivity contribution in [3.05, 3.63) is 29.8 Å². The smallest absolute Gasteiger partial charge is 0.199 e. The van der Waals surface area contributed by atoms with E-state index in [-0.39, 0.29) is 16.7 Å². The lowest BCUT2D eigenvalue weighted by molar-refractivity contribution is 0.596. The van der Waals surface area contributed by atoms with Gasteiger partial charge >= 0.3 is 0 Å². The van der Waals surface area contributed by atoms with E-state index >= 15 is 0 Å².